The van der Waals surface area contributed by atoms with Crippen LogP contribution in [0.25, 0.3) is 0 Å². The minimum absolute atomic E-state index is 0.0446. The van der Waals surface area contributed by atoms with Gasteiger partial charge < -0.3 is 14.8 Å². The minimum atomic E-state index is -0.659. The van der Waals surface area contributed by atoms with Crippen molar-refractivity contribution in [1.29, 1.82) is 0 Å². The molecule has 5 nitrogen and oxygen atoms in total. The zero-order valence-electron chi connectivity index (χ0n) is 18.4. The smallest absolute Gasteiger partial charge is 0.407 e. The topological polar surface area (TPSA) is 64.6 Å². The molecule has 0 aromatic heterocycles. The molecular weight excluding hydrogens is 342 g/mol. The molecule has 0 aliphatic heterocycles. The van der Waals surface area contributed by atoms with E-state index >= 15 is 0 Å². The number of nitrogens with one attached hydrogen (secondary N) is 1. The van der Waals surface area contributed by atoms with Crippen molar-refractivity contribution in [3.8, 4) is 0 Å². The Labute approximate surface area is 167 Å². The maximum Gasteiger partial charge on any atom is 0.407 e. The standard InChI is InChI=1S/C22H43NO4/c1-6-7-8-9-10-11-12-13-14-15-16-26-21(24)20(19(4)5)23-22(25)27-17-18(2)3/h18-20H,6-17H2,1-5H3,(H,23,25)/t20-/m0/s1. The average Bonchev–Trinajstić information content (AvgIpc) is 2.62. The highest BCUT2D eigenvalue weighted by atomic mass is 16.6. The first-order chi connectivity index (χ1) is 12.9. The van der Waals surface area contributed by atoms with E-state index < -0.39 is 12.1 Å². The van der Waals surface area contributed by atoms with Crippen LogP contribution in [0.4, 0.5) is 4.79 Å². The molecule has 0 unspecified atom stereocenters. The van der Waals surface area contributed by atoms with Gasteiger partial charge in [-0.2, -0.15) is 0 Å². The summed E-state index contributed by atoms with van der Waals surface area (Å²) in [5.74, 6) is -0.157. The number of hydrogen-bond donors (Lipinski definition) is 1. The Morgan fingerprint density at radius 2 is 1.30 bits per heavy atom. The summed E-state index contributed by atoms with van der Waals surface area (Å²) in [6.45, 7) is 10.7. The van der Waals surface area contributed by atoms with Crippen LogP contribution in [0.3, 0.4) is 0 Å². The normalized spacial score (nSPS) is 12.3. The number of hydrogen-bond acceptors (Lipinski definition) is 4. The Balaban J connectivity index is 3.81. The van der Waals surface area contributed by atoms with Crippen molar-refractivity contribution in [2.45, 2.75) is 105 Å². The number of carbonyl (C=O) groups excluding carboxylic acids is 2. The van der Waals surface area contributed by atoms with Crippen molar-refractivity contribution in [3.63, 3.8) is 0 Å². The first-order valence-electron chi connectivity index (χ1n) is 11.0. The SMILES string of the molecule is CCCCCCCCCCCCOC(=O)[C@@H](NC(=O)OCC(C)C)C(C)C. The Kier molecular flexibility index (Phi) is 16.1. The second kappa shape index (κ2) is 16.9. The fraction of sp³-hybridized carbons (Fsp3) is 0.909. The molecule has 1 N–H and O–H groups in total. The summed E-state index contributed by atoms with van der Waals surface area (Å²) in [5.41, 5.74) is 0. The number of alkyl carbamates (subject to hydrolysis) is 1. The van der Waals surface area contributed by atoms with Crippen molar-refractivity contribution < 1.29 is 19.1 Å². The van der Waals surface area contributed by atoms with Gasteiger partial charge in [-0.25, -0.2) is 9.59 Å². The fourth-order valence-electron chi connectivity index (χ4n) is 2.76. The summed E-state index contributed by atoms with van der Waals surface area (Å²) in [6.07, 6.45) is 11.9. The number of esters is 1. The van der Waals surface area contributed by atoms with E-state index in [1.807, 2.05) is 27.7 Å². The Hall–Kier alpha value is -1.26. The van der Waals surface area contributed by atoms with E-state index in [0.29, 0.717) is 13.2 Å². The fourth-order valence-corrected chi connectivity index (χ4v) is 2.76. The first kappa shape index (κ1) is 25.7. The van der Waals surface area contributed by atoms with Gasteiger partial charge in [0.1, 0.15) is 6.04 Å². The molecule has 1 atom stereocenters. The van der Waals surface area contributed by atoms with Gasteiger partial charge in [0, 0.05) is 0 Å². The maximum atomic E-state index is 12.2. The van der Waals surface area contributed by atoms with Crippen molar-refractivity contribution in [2.75, 3.05) is 13.2 Å². The Morgan fingerprint density at radius 1 is 0.778 bits per heavy atom. The number of unbranched alkanes of at least 4 members (excludes halogenated alkanes) is 9. The molecule has 5 heteroatoms. The van der Waals surface area contributed by atoms with Crippen LogP contribution in [0, 0.1) is 11.8 Å². The largest absolute Gasteiger partial charge is 0.464 e. The van der Waals surface area contributed by atoms with Crippen LogP contribution < -0.4 is 5.32 Å². The lowest BCUT2D eigenvalue weighted by Crippen LogP contribution is -2.45. The molecule has 0 rings (SSSR count). The van der Waals surface area contributed by atoms with Crippen molar-refractivity contribution in [3.05, 3.63) is 0 Å². The molecule has 0 saturated carbocycles. The highest BCUT2D eigenvalue weighted by molar-refractivity contribution is 5.81. The predicted molar refractivity (Wildman–Crippen MR) is 111 cm³/mol. The van der Waals surface area contributed by atoms with E-state index in [-0.39, 0.29) is 17.8 Å². The molecule has 1 amide bonds. The van der Waals surface area contributed by atoms with Gasteiger partial charge in [0.2, 0.25) is 0 Å². The molecule has 0 radical (unpaired) electrons. The summed E-state index contributed by atoms with van der Waals surface area (Å²) in [5, 5.41) is 2.63. The van der Waals surface area contributed by atoms with E-state index in [4.69, 9.17) is 9.47 Å². The van der Waals surface area contributed by atoms with Gasteiger partial charge in [-0.15, -0.1) is 0 Å². The summed E-state index contributed by atoms with van der Waals surface area (Å²) in [7, 11) is 0. The van der Waals surface area contributed by atoms with Gasteiger partial charge in [0.25, 0.3) is 0 Å². The van der Waals surface area contributed by atoms with Crippen LogP contribution in [0.15, 0.2) is 0 Å². The predicted octanol–water partition coefficient (Wildman–Crippen LogP) is 5.86. The van der Waals surface area contributed by atoms with Crippen LogP contribution in [-0.2, 0) is 14.3 Å². The molecule has 0 aromatic carbocycles. The van der Waals surface area contributed by atoms with Gasteiger partial charge in [-0.1, -0.05) is 92.4 Å². The molecule has 0 saturated heterocycles. The lowest BCUT2D eigenvalue weighted by Gasteiger charge is -2.21. The van der Waals surface area contributed by atoms with Gasteiger partial charge >= 0.3 is 12.1 Å². The monoisotopic (exact) mass is 385 g/mol. The molecule has 0 bridgehead atoms. The third kappa shape index (κ3) is 15.5. The molecule has 0 aliphatic rings. The Morgan fingerprint density at radius 3 is 1.78 bits per heavy atom. The molecular formula is C22H43NO4. The molecule has 0 heterocycles. The van der Waals surface area contributed by atoms with E-state index in [1.54, 1.807) is 0 Å². The van der Waals surface area contributed by atoms with Crippen LogP contribution in [0.5, 0.6) is 0 Å². The second-order valence-corrected chi connectivity index (χ2v) is 8.21. The third-order valence-electron chi connectivity index (χ3n) is 4.48. The maximum absolute atomic E-state index is 12.2. The van der Waals surface area contributed by atoms with Crippen LogP contribution in [-0.4, -0.2) is 31.3 Å². The van der Waals surface area contributed by atoms with Crippen molar-refractivity contribution in [1.82, 2.24) is 5.32 Å². The molecule has 0 aromatic rings. The molecule has 27 heavy (non-hydrogen) atoms. The Bertz CT molecular complexity index is 383. The number of amides is 1. The summed E-state index contributed by atoms with van der Waals surface area (Å²) >= 11 is 0. The quantitative estimate of drug-likeness (QED) is 0.267. The zero-order valence-corrected chi connectivity index (χ0v) is 18.4. The third-order valence-corrected chi connectivity index (χ3v) is 4.48. The highest BCUT2D eigenvalue weighted by Crippen LogP contribution is 2.11. The number of rotatable bonds is 16. The average molecular weight is 386 g/mol. The van der Waals surface area contributed by atoms with Gasteiger partial charge in [-0.3, -0.25) is 0 Å². The van der Waals surface area contributed by atoms with Crippen LogP contribution in [0.1, 0.15) is 98.8 Å². The van der Waals surface area contributed by atoms with Crippen LogP contribution in [0.2, 0.25) is 0 Å². The van der Waals surface area contributed by atoms with Gasteiger partial charge in [0.05, 0.1) is 13.2 Å². The lowest BCUT2D eigenvalue weighted by molar-refractivity contribution is -0.147. The molecule has 0 aliphatic carbocycles. The minimum Gasteiger partial charge on any atom is -0.464 e. The van der Waals surface area contributed by atoms with Crippen molar-refractivity contribution >= 4 is 12.1 Å². The number of ether oxygens (including phenoxy) is 2. The van der Waals surface area contributed by atoms with Gasteiger partial charge in [-0.05, 0) is 18.3 Å². The lowest BCUT2D eigenvalue weighted by atomic mass is 10.1. The van der Waals surface area contributed by atoms with E-state index in [1.165, 1.54) is 51.4 Å². The summed E-state index contributed by atoms with van der Waals surface area (Å²) < 4.78 is 10.4. The molecule has 160 valence electrons. The van der Waals surface area contributed by atoms with Crippen LogP contribution >= 0.6 is 0 Å². The second-order valence-electron chi connectivity index (χ2n) is 8.21. The van der Waals surface area contributed by atoms with Gasteiger partial charge in [0.15, 0.2) is 0 Å². The van der Waals surface area contributed by atoms with E-state index in [9.17, 15) is 9.59 Å². The van der Waals surface area contributed by atoms with Crippen molar-refractivity contribution in [2.24, 2.45) is 11.8 Å². The first-order valence-corrected chi connectivity index (χ1v) is 11.0. The summed E-state index contributed by atoms with van der Waals surface area (Å²) in [4.78, 5) is 24.0. The molecule has 0 spiro atoms. The highest BCUT2D eigenvalue weighted by Gasteiger charge is 2.26. The summed E-state index contributed by atoms with van der Waals surface area (Å²) in [6, 6.07) is -0.659. The molecule has 0 fully saturated rings. The van der Waals surface area contributed by atoms with E-state index in [0.717, 1.165) is 12.8 Å². The zero-order chi connectivity index (χ0) is 20.5. The van der Waals surface area contributed by atoms with E-state index in [2.05, 4.69) is 12.2 Å². The number of carbonyl (C=O) groups is 2.